The molecule has 0 fully saturated rings. The highest BCUT2D eigenvalue weighted by Crippen LogP contribution is 2.24. The molecule has 0 saturated carbocycles. The summed E-state index contributed by atoms with van der Waals surface area (Å²) in [6.45, 7) is 1.99. The van der Waals surface area contributed by atoms with E-state index in [9.17, 15) is 0 Å². The second-order valence-corrected chi connectivity index (χ2v) is 3.81. The number of nitriles is 1. The van der Waals surface area contributed by atoms with E-state index in [-0.39, 0.29) is 0 Å². The van der Waals surface area contributed by atoms with Gasteiger partial charge in [0.25, 0.3) is 0 Å². The number of aromatic nitrogens is 3. The highest BCUT2D eigenvalue weighted by molar-refractivity contribution is 9.10. The maximum atomic E-state index is 8.79. The van der Waals surface area contributed by atoms with Crippen molar-refractivity contribution in [3.8, 4) is 6.07 Å². The number of nitrogen functional groups attached to an aromatic ring is 1. The Hall–Kier alpha value is -1.61. The number of hydrogen-bond acceptors (Lipinski definition) is 4. The van der Waals surface area contributed by atoms with E-state index in [2.05, 4.69) is 26.0 Å². The minimum Gasteiger partial charge on any atom is -0.382 e. The highest BCUT2D eigenvalue weighted by Gasteiger charge is 2.13. The minimum absolute atomic E-state index is 0.322. The van der Waals surface area contributed by atoms with Crippen molar-refractivity contribution < 1.29 is 0 Å². The number of nitrogens with zero attached hydrogens (tertiary/aromatic N) is 4. The Morgan fingerprint density at radius 2 is 2.40 bits per heavy atom. The standard InChI is InChI=1S/C9H8BrN5/c1-2-6-7(10)9-13-4-5(3-11)8(12)15(9)14-6/h4H,2,12H2,1H3. The van der Waals surface area contributed by atoms with Crippen molar-refractivity contribution in [1.82, 2.24) is 14.6 Å². The van der Waals surface area contributed by atoms with Gasteiger partial charge in [0.1, 0.15) is 17.5 Å². The number of rotatable bonds is 1. The molecule has 0 amide bonds. The average molecular weight is 266 g/mol. The molecule has 6 heteroatoms. The van der Waals surface area contributed by atoms with Crippen LogP contribution >= 0.6 is 15.9 Å². The van der Waals surface area contributed by atoms with Crippen LogP contribution in [0.1, 0.15) is 18.2 Å². The Morgan fingerprint density at radius 3 is 3.00 bits per heavy atom. The first-order valence-electron chi connectivity index (χ1n) is 4.40. The van der Waals surface area contributed by atoms with Crippen LogP contribution in [0.4, 0.5) is 5.82 Å². The molecule has 2 aromatic rings. The molecule has 0 saturated heterocycles. The lowest BCUT2D eigenvalue weighted by Gasteiger charge is -1.99. The van der Waals surface area contributed by atoms with Crippen LogP contribution in [-0.2, 0) is 6.42 Å². The molecule has 2 heterocycles. The molecule has 0 aliphatic heterocycles. The minimum atomic E-state index is 0.322. The Balaban J connectivity index is 2.85. The molecule has 0 spiro atoms. The zero-order chi connectivity index (χ0) is 11.0. The summed E-state index contributed by atoms with van der Waals surface area (Å²) in [4.78, 5) is 4.13. The van der Waals surface area contributed by atoms with Crippen molar-refractivity contribution in [3.05, 3.63) is 21.9 Å². The van der Waals surface area contributed by atoms with Gasteiger partial charge in [-0.05, 0) is 22.4 Å². The molecular weight excluding hydrogens is 258 g/mol. The number of hydrogen-bond donors (Lipinski definition) is 1. The Bertz CT molecular complexity index is 566. The van der Waals surface area contributed by atoms with Crippen molar-refractivity contribution in [2.45, 2.75) is 13.3 Å². The summed E-state index contributed by atoms with van der Waals surface area (Å²) >= 11 is 3.41. The van der Waals surface area contributed by atoms with Crippen LogP contribution < -0.4 is 5.73 Å². The first kappa shape index (κ1) is 9.93. The monoisotopic (exact) mass is 265 g/mol. The Kier molecular flexibility index (Phi) is 2.32. The molecule has 5 nitrogen and oxygen atoms in total. The van der Waals surface area contributed by atoms with Crippen LogP contribution in [0.5, 0.6) is 0 Å². The van der Waals surface area contributed by atoms with Gasteiger partial charge in [-0.1, -0.05) is 6.92 Å². The number of nitrogens with two attached hydrogens (primary N) is 1. The molecule has 76 valence electrons. The molecule has 0 atom stereocenters. The van der Waals surface area contributed by atoms with Gasteiger partial charge in [-0.15, -0.1) is 0 Å². The number of aryl methyl sites for hydroxylation is 1. The van der Waals surface area contributed by atoms with Gasteiger partial charge in [0, 0.05) is 0 Å². The zero-order valence-electron chi connectivity index (χ0n) is 8.03. The van der Waals surface area contributed by atoms with E-state index in [1.165, 1.54) is 10.7 Å². The largest absolute Gasteiger partial charge is 0.382 e. The quantitative estimate of drug-likeness (QED) is 0.848. The van der Waals surface area contributed by atoms with Crippen LogP contribution in [0.25, 0.3) is 5.65 Å². The Labute approximate surface area is 94.7 Å². The lowest BCUT2D eigenvalue weighted by atomic mass is 10.3. The molecule has 2 rings (SSSR count). The second kappa shape index (κ2) is 3.51. The molecular formula is C9H8BrN5. The summed E-state index contributed by atoms with van der Waals surface area (Å²) in [5.41, 5.74) is 7.64. The normalized spacial score (nSPS) is 10.5. The lowest BCUT2D eigenvalue weighted by molar-refractivity contribution is 0.893. The molecule has 0 radical (unpaired) electrons. The topological polar surface area (TPSA) is 80.0 Å². The van der Waals surface area contributed by atoms with Gasteiger partial charge in [0.15, 0.2) is 5.65 Å². The summed E-state index contributed by atoms with van der Waals surface area (Å²) in [5, 5.41) is 13.1. The van der Waals surface area contributed by atoms with E-state index < -0.39 is 0 Å². The number of fused-ring (bicyclic) bond motifs is 1. The molecule has 15 heavy (non-hydrogen) atoms. The van der Waals surface area contributed by atoms with Gasteiger partial charge >= 0.3 is 0 Å². The lowest BCUT2D eigenvalue weighted by Crippen LogP contribution is -2.03. The molecule has 0 aliphatic rings. The molecule has 0 aromatic carbocycles. The van der Waals surface area contributed by atoms with Gasteiger partial charge in [0.2, 0.25) is 0 Å². The summed E-state index contributed by atoms with van der Waals surface area (Å²) in [5.74, 6) is 0.322. The highest BCUT2D eigenvalue weighted by atomic mass is 79.9. The van der Waals surface area contributed by atoms with Crippen LogP contribution in [0.2, 0.25) is 0 Å². The predicted octanol–water partition coefficient (Wildman–Crippen LogP) is 1.51. The number of halogens is 1. The molecule has 0 bridgehead atoms. The third-order valence-corrected chi connectivity index (χ3v) is 2.96. The fourth-order valence-corrected chi connectivity index (χ4v) is 1.96. The van der Waals surface area contributed by atoms with E-state index in [0.29, 0.717) is 17.0 Å². The van der Waals surface area contributed by atoms with Gasteiger partial charge < -0.3 is 5.73 Å². The van der Waals surface area contributed by atoms with E-state index in [4.69, 9.17) is 11.0 Å². The maximum Gasteiger partial charge on any atom is 0.172 e. The molecule has 0 unspecified atom stereocenters. The summed E-state index contributed by atoms with van der Waals surface area (Å²) in [6.07, 6.45) is 2.24. The van der Waals surface area contributed by atoms with Gasteiger partial charge in [0.05, 0.1) is 16.4 Å². The van der Waals surface area contributed by atoms with Crippen LogP contribution in [0, 0.1) is 11.3 Å². The SMILES string of the molecule is CCc1nn2c(N)c(C#N)cnc2c1Br. The summed E-state index contributed by atoms with van der Waals surface area (Å²) < 4.78 is 2.32. The fraction of sp³-hybridized carbons (Fsp3) is 0.222. The molecule has 2 N–H and O–H groups in total. The van der Waals surface area contributed by atoms with Crippen LogP contribution in [-0.4, -0.2) is 14.6 Å². The van der Waals surface area contributed by atoms with Crippen LogP contribution in [0.15, 0.2) is 10.7 Å². The van der Waals surface area contributed by atoms with E-state index in [1.807, 2.05) is 13.0 Å². The predicted molar refractivity (Wildman–Crippen MR) is 59.2 cm³/mol. The average Bonchev–Trinajstić information content (AvgIpc) is 2.57. The maximum absolute atomic E-state index is 8.79. The van der Waals surface area contributed by atoms with Gasteiger partial charge in [-0.25, -0.2) is 4.98 Å². The van der Waals surface area contributed by atoms with Gasteiger partial charge in [-0.2, -0.15) is 14.9 Å². The molecule has 0 aliphatic carbocycles. The van der Waals surface area contributed by atoms with Crippen molar-refractivity contribution in [3.63, 3.8) is 0 Å². The van der Waals surface area contributed by atoms with Crippen molar-refractivity contribution >= 4 is 27.4 Å². The first-order chi connectivity index (χ1) is 7.19. The van der Waals surface area contributed by atoms with E-state index in [0.717, 1.165) is 16.6 Å². The molecule has 2 aromatic heterocycles. The van der Waals surface area contributed by atoms with Crippen molar-refractivity contribution in [2.75, 3.05) is 5.73 Å². The second-order valence-electron chi connectivity index (χ2n) is 3.02. The van der Waals surface area contributed by atoms with Crippen LogP contribution in [0.3, 0.4) is 0 Å². The van der Waals surface area contributed by atoms with E-state index in [1.54, 1.807) is 0 Å². The smallest absolute Gasteiger partial charge is 0.172 e. The third kappa shape index (κ3) is 1.36. The zero-order valence-corrected chi connectivity index (χ0v) is 9.61. The van der Waals surface area contributed by atoms with Crippen molar-refractivity contribution in [1.29, 1.82) is 5.26 Å². The fourth-order valence-electron chi connectivity index (χ4n) is 1.33. The summed E-state index contributed by atoms with van der Waals surface area (Å²) in [7, 11) is 0. The summed E-state index contributed by atoms with van der Waals surface area (Å²) in [6, 6.07) is 1.97. The van der Waals surface area contributed by atoms with Crippen molar-refractivity contribution in [2.24, 2.45) is 0 Å². The first-order valence-corrected chi connectivity index (χ1v) is 5.20. The number of anilines is 1. The Morgan fingerprint density at radius 1 is 1.67 bits per heavy atom. The van der Waals surface area contributed by atoms with E-state index >= 15 is 0 Å². The van der Waals surface area contributed by atoms with Gasteiger partial charge in [-0.3, -0.25) is 0 Å². The third-order valence-electron chi connectivity index (χ3n) is 2.15.